The fourth-order valence-corrected chi connectivity index (χ4v) is 2.40. The third-order valence-electron chi connectivity index (χ3n) is 3.44. The molecule has 0 aliphatic carbocycles. The fourth-order valence-electron chi connectivity index (χ4n) is 2.14. The summed E-state index contributed by atoms with van der Waals surface area (Å²) in [5.74, 6) is -1.05. The monoisotopic (exact) mass is 411 g/mol. The van der Waals surface area contributed by atoms with E-state index < -0.39 is 40.1 Å². The lowest BCUT2D eigenvalue weighted by Gasteiger charge is -2.20. The Morgan fingerprint density at radius 3 is 2.11 bits per heavy atom. The second kappa shape index (κ2) is 7.26. The first-order valence-corrected chi connectivity index (χ1v) is 7.61. The summed E-state index contributed by atoms with van der Waals surface area (Å²) < 4.78 is 76.6. The van der Waals surface area contributed by atoms with Crippen LogP contribution in [-0.4, -0.2) is 25.0 Å². The Bertz CT molecular complexity index is 864. The SMILES string of the molecule is CN(C)c1ccc(C(F)(F)F)cc1NC(=O)c1ncc(C(F)(F)F)cc1Cl. The Morgan fingerprint density at radius 2 is 1.63 bits per heavy atom. The van der Waals surface area contributed by atoms with Crippen LogP contribution >= 0.6 is 11.6 Å². The van der Waals surface area contributed by atoms with Gasteiger partial charge in [-0.15, -0.1) is 0 Å². The topological polar surface area (TPSA) is 45.2 Å². The van der Waals surface area contributed by atoms with Gasteiger partial charge >= 0.3 is 12.4 Å². The van der Waals surface area contributed by atoms with E-state index >= 15 is 0 Å². The number of nitrogens with one attached hydrogen (secondary N) is 1. The molecule has 2 rings (SSSR count). The van der Waals surface area contributed by atoms with Crippen LogP contribution in [0.2, 0.25) is 5.02 Å². The van der Waals surface area contributed by atoms with E-state index in [2.05, 4.69) is 10.3 Å². The summed E-state index contributed by atoms with van der Waals surface area (Å²) in [6, 6.07) is 3.22. The Balaban J connectivity index is 2.40. The van der Waals surface area contributed by atoms with E-state index in [9.17, 15) is 31.1 Å². The van der Waals surface area contributed by atoms with Crippen molar-refractivity contribution in [2.75, 3.05) is 24.3 Å². The van der Waals surface area contributed by atoms with Crippen LogP contribution in [0.15, 0.2) is 30.5 Å². The Labute approximate surface area is 154 Å². The normalized spacial score (nSPS) is 12.0. The van der Waals surface area contributed by atoms with Crippen LogP contribution in [0.5, 0.6) is 0 Å². The molecule has 1 aromatic carbocycles. The van der Waals surface area contributed by atoms with Crippen molar-refractivity contribution in [1.29, 1.82) is 0 Å². The first-order chi connectivity index (χ1) is 12.3. The van der Waals surface area contributed by atoms with E-state index in [0.29, 0.717) is 18.3 Å². The van der Waals surface area contributed by atoms with Crippen molar-refractivity contribution in [2.45, 2.75) is 12.4 Å². The van der Waals surface area contributed by atoms with Crippen LogP contribution in [0.4, 0.5) is 37.7 Å². The number of hydrogen-bond acceptors (Lipinski definition) is 3. The molecular weight excluding hydrogens is 400 g/mol. The van der Waals surface area contributed by atoms with Gasteiger partial charge in [0.2, 0.25) is 0 Å². The average Bonchev–Trinajstić information content (AvgIpc) is 2.52. The van der Waals surface area contributed by atoms with Crippen molar-refractivity contribution >= 4 is 28.9 Å². The number of halogens is 7. The molecule has 0 fully saturated rings. The summed E-state index contributed by atoms with van der Waals surface area (Å²) in [5.41, 5.74) is -2.66. The van der Waals surface area contributed by atoms with Gasteiger partial charge in [0, 0.05) is 20.3 Å². The van der Waals surface area contributed by atoms with Crippen LogP contribution in [0, 0.1) is 0 Å². The molecule has 4 nitrogen and oxygen atoms in total. The van der Waals surface area contributed by atoms with Crippen LogP contribution in [0.25, 0.3) is 0 Å². The Kier molecular flexibility index (Phi) is 5.60. The number of pyridine rings is 1. The third-order valence-corrected chi connectivity index (χ3v) is 3.73. The van der Waals surface area contributed by atoms with E-state index in [-0.39, 0.29) is 11.4 Å². The molecule has 27 heavy (non-hydrogen) atoms. The van der Waals surface area contributed by atoms with E-state index in [4.69, 9.17) is 11.6 Å². The molecule has 0 bridgehead atoms. The lowest BCUT2D eigenvalue weighted by atomic mass is 10.1. The predicted octanol–water partition coefficient (Wildman–Crippen LogP) is 5.09. The Hall–Kier alpha value is -2.49. The van der Waals surface area contributed by atoms with Gasteiger partial charge < -0.3 is 10.2 Å². The van der Waals surface area contributed by atoms with E-state index in [0.717, 1.165) is 12.1 Å². The van der Waals surface area contributed by atoms with Gasteiger partial charge in [-0.05, 0) is 24.3 Å². The van der Waals surface area contributed by atoms with Gasteiger partial charge in [0.05, 0.1) is 27.5 Å². The molecule has 1 amide bonds. The summed E-state index contributed by atoms with van der Waals surface area (Å²) in [7, 11) is 3.09. The molecule has 0 spiro atoms. The molecule has 1 heterocycles. The van der Waals surface area contributed by atoms with Gasteiger partial charge in [0.1, 0.15) is 5.69 Å². The second-order valence-corrected chi connectivity index (χ2v) is 6.04. The molecule has 2 aromatic rings. The molecule has 0 saturated heterocycles. The number of amides is 1. The summed E-state index contributed by atoms with van der Waals surface area (Å²) in [5, 5.41) is 1.63. The van der Waals surface area contributed by atoms with Gasteiger partial charge in [0.15, 0.2) is 0 Å². The smallest absolute Gasteiger partial charge is 0.376 e. The van der Waals surface area contributed by atoms with Crippen LogP contribution < -0.4 is 10.2 Å². The minimum absolute atomic E-state index is 0.197. The number of rotatable bonds is 3. The molecule has 0 saturated carbocycles. The second-order valence-electron chi connectivity index (χ2n) is 5.63. The number of hydrogen-bond donors (Lipinski definition) is 1. The van der Waals surface area contributed by atoms with Crippen molar-refractivity contribution in [1.82, 2.24) is 4.98 Å². The number of nitrogens with zero attached hydrogens (tertiary/aromatic N) is 2. The van der Waals surface area contributed by atoms with Gasteiger partial charge in [-0.1, -0.05) is 11.6 Å². The molecule has 1 N–H and O–H groups in total. The highest BCUT2D eigenvalue weighted by atomic mass is 35.5. The molecular formula is C16H12ClF6N3O. The predicted molar refractivity (Wildman–Crippen MR) is 88.0 cm³/mol. The van der Waals surface area contributed by atoms with Crippen molar-refractivity contribution in [3.63, 3.8) is 0 Å². The average molecular weight is 412 g/mol. The van der Waals surface area contributed by atoms with Crippen molar-refractivity contribution < 1.29 is 31.1 Å². The number of alkyl halides is 6. The number of aromatic nitrogens is 1. The zero-order chi connectivity index (χ0) is 20.6. The van der Waals surface area contributed by atoms with Crippen molar-refractivity contribution in [2.24, 2.45) is 0 Å². The standard InChI is InChI=1S/C16H12ClF6N3O/c1-26(2)12-4-3-8(15(18,19)20)6-11(12)25-14(27)13-10(17)5-9(7-24-13)16(21,22)23/h3-7H,1-2H3,(H,25,27). The van der Waals surface area contributed by atoms with E-state index in [1.165, 1.54) is 4.90 Å². The first-order valence-electron chi connectivity index (χ1n) is 7.23. The van der Waals surface area contributed by atoms with Gasteiger partial charge in [-0.2, -0.15) is 26.3 Å². The largest absolute Gasteiger partial charge is 0.417 e. The first kappa shape index (κ1) is 20.8. The lowest BCUT2D eigenvalue weighted by Crippen LogP contribution is -2.19. The number of carbonyl (C=O) groups is 1. The molecule has 1 aromatic heterocycles. The van der Waals surface area contributed by atoms with Crippen molar-refractivity contribution in [3.05, 3.63) is 52.3 Å². The van der Waals surface area contributed by atoms with E-state index in [1.807, 2.05) is 0 Å². The highest BCUT2D eigenvalue weighted by Gasteiger charge is 2.33. The third kappa shape index (κ3) is 4.82. The molecule has 0 radical (unpaired) electrons. The number of benzene rings is 1. The highest BCUT2D eigenvalue weighted by Crippen LogP contribution is 2.35. The zero-order valence-corrected chi connectivity index (χ0v) is 14.6. The maximum atomic E-state index is 12.9. The maximum Gasteiger partial charge on any atom is 0.417 e. The van der Waals surface area contributed by atoms with Gasteiger partial charge in [-0.3, -0.25) is 4.79 Å². The molecule has 0 aliphatic rings. The number of anilines is 2. The molecule has 146 valence electrons. The lowest BCUT2D eigenvalue weighted by molar-refractivity contribution is -0.138. The van der Waals surface area contributed by atoms with Crippen LogP contribution in [-0.2, 0) is 12.4 Å². The summed E-state index contributed by atoms with van der Waals surface area (Å²) in [6.45, 7) is 0. The molecule has 0 unspecified atom stereocenters. The Morgan fingerprint density at radius 1 is 1.04 bits per heavy atom. The fraction of sp³-hybridized carbons (Fsp3) is 0.250. The number of carbonyl (C=O) groups excluding carboxylic acids is 1. The summed E-state index contributed by atoms with van der Waals surface area (Å²) in [4.78, 5) is 17.1. The quantitative estimate of drug-likeness (QED) is 0.715. The minimum atomic E-state index is -4.70. The van der Waals surface area contributed by atoms with Crippen molar-refractivity contribution in [3.8, 4) is 0 Å². The summed E-state index contributed by atoms with van der Waals surface area (Å²) >= 11 is 5.69. The zero-order valence-electron chi connectivity index (χ0n) is 13.8. The van der Waals surface area contributed by atoms with Crippen LogP contribution in [0.1, 0.15) is 21.6 Å². The maximum absolute atomic E-state index is 12.9. The summed E-state index contributed by atoms with van der Waals surface area (Å²) in [6.07, 6.45) is -8.93. The van der Waals surface area contributed by atoms with Gasteiger partial charge in [0.25, 0.3) is 5.91 Å². The molecule has 11 heteroatoms. The van der Waals surface area contributed by atoms with E-state index in [1.54, 1.807) is 14.1 Å². The molecule has 0 aliphatic heterocycles. The minimum Gasteiger partial charge on any atom is -0.376 e. The van der Waals surface area contributed by atoms with Gasteiger partial charge in [-0.25, -0.2) is 4.98 Å². The molecule has 0 atom stereocenters. The van der Waals surface area contributed by atoms with Crippen LogP contribution in [0.3, 0.4) is 0 Å². The highest BCUT2D eigenvalue weighted by molar-refractivity contribution is 6.34.